The van der Waals surface area contributed by atoms with Crippen LogP contribution in [0.3, 0.4) is 0 Å². The van der Waals surface area contributed by atoms with E-state index in [2.05, 4.69) is 43.3 Å². The molecule has 1 aromatic carbocycles. The molecule has 0 amide bonds. The summed E-state index contributed by atoms with van der Waals surface area (Å²) in [5.74, 6) is 1.73. The van der Waals surface area contributed by atoms with Gasteiger partial charge in [0.15, 0.2) is 0 Å². The standard InChI is InChI=1S/C20H25N3O2/c1-13-9-15(3)17(10-14(13)2)12-21-20-11-19(22-23(20)6-7-24)18-5-8-25-16(18)4/h5,8-11,21,24H,6-7,12H2,1-4H3. The minimum absolute atomic E-state index is 0.0445. The van der Waals surface area contributed by atoms with Crippen molar-refractivity contribution in [1.29, 1.82) is 0 Å². The van der Waals surface area contributed by atoms with Gasteiger partial charge in [0.1, 0.15) is 11.6 Å². The number of aromatic nitrogens is 2. The lowest BCUT2D eigenvalue weighted by atomic mass is 10.0. The largest absolute Gasteiger partial charge is 0.469 e. The van der Waals surface area contributed by atoms with Crippen molar-refractivity contribution in [2.24, 2.45) is 0 Å². The molecule has 3 rings (SSSR count). The molecule has 25 heavy (non-hydrogen) atoms. The van der Waals surface area contributed by atoms with Crippen molar-refractivity contribution in [3.8, 4) is 11.3 Å². The molecule has 0 radical (unpaired) electrons. The van der Waals surface area contributed by atoms with E-state index in [4.69, 9.17) is 4.42 Å². The predicted octanol–water partition coefficient (Wildman–Crippen LogP) is 3.98. The van der Waals surface area contributed by atoms with Crippen molar-refractivity contribution in [3.05, 3.63) is 58.5 Å². The smallest absolute Gasteiger partial charge is 0.125 e. The molecule has 0 bridgehead atoms. The first kappa shape index (κ1) is 17.3. The summed E-state index contributed by atoms with van der Waals surface area (Å²) in [6.45, 7) is 9.53. The van der Waals surface area contributed by atoms with E-state index < -0.39 is 0 Å². The molecule has 0 unspecified atom stereocenters. The van der Waals surface area contributed by atoms with E-state index in [9.17, 15) is 5.11 Å². The minimum atomic E-state index is 0.0445. The van der Waals surface area contributed by atoms with Gasteiger partial charge < -0.3 is 14.8 Å². The van der Waals surface area contributed by atoms with Crippen LogP contribution in [-0.4, -0.2) is 21.5 Å². The molecule has 0 saturated carbocycles. The minimum Gasteiger partial charge on any atom is -0.469 e. The fraction of sp³-hybridized carbons (Fsp3) is 0.350. The van der Waals surface area contributed by atoms with E-state index in [0.29, 0.717) is 13.1 Å². The van der Waals surface area contributed by atoms with Gasteiger partial charge in [-0.15, -0.1) is 0 Å². The number of nitrogens with one attached hydrogen (secondary N) is 1. The number of rotatable bonds is 6. The summed E-state index contributed by atoms with van der Waals surface area (Å²) < 4.78 is 7.18. The van der Waals surface area contributed by atoms with Crippen LogP contribution >= 0.6 is 0 Å². The highest BCUT2D eigenvalue weighted by Gasteiger charge is 2.13. The zero-order chi connectivity index (χ0) is 18.0. The Morgan fingerprint density at radius 2 is 1.84 bits per heavy atom. The number of hydrogen-bond acceptors (Lipinski definition) is 4. The second kappa shape index (κ2) is 7.15. The Morgan fingerprint density at radius 1 is 1.08 bits per heavy atom. The summed E-state index contributed by atoms with van der Waals surface area (Å²) in [5.41, 5.74) is 6.96. The molecule has 0 spiro atoms. The molecule has 0 saturated heterocycles. The van der Waals surface area contributed by atoms with Gasteiger partial charge in [-0.25, -0.2) is 4.68 Å². The van der Waals surface area contributed by atoms with E-state index in [1.54, 1.807) is 10.9 Å². The fourth-order valence-corrected chi connectivity index (χ4v) is 3.00. The number of hydrogen-bond donors (Lipinski definition) is 2. The van der Waals surface area contributed by atoms with Crippen LogP contribution in [-0.2, 0) is 13.1 Å². The molecule has 0 fully saturated rings. The number of anilines is 1. The van der Waals surface area contributed by atoms with Crippen LogP contribution in [0.5, 0.6) is 0 Å². The highest BCUT2D eigenvalue weighted by Crippen LogP contribution is 2.26. The molecule has 2 heterocycles. The van der Waals surface area contributed by atoms with Crippen LogP contribution in [0.4, 0.5) is 5.82 Å². The van der Waals surface area contributed by atoms with Gasteiger partial charge in [0.25, 0.3) is 0 Å². The molecule has 2 aromatic heterocycles. The SMILES string of the molecule is Cc1cc(C)c(CNc2cc(-c3ccoc3C)nn2CCO)cc1C. The summed E-state index contributed by atoms with van der Waals surface area (Å²) in [7, 11) is 0. The summed E-state index contributed by atoms with van der Waals surface area (Å²) in [6, 6.07) is 8.37. The maximum absolute atomic E-state index is 9.33. The van der Waals surface area contributed by atoms with Crippen molar-refractivity contribution in [3.63, 3.8) is 0 Å². The van der Waals surface area contributed by atoms with Gasteiger partial charge in [0, 0.05) is 18.2 Å². The number of nitrogens with zero attached hydrogens (tertiary/aromatic N) is 2. The Labute approximate surface area is 148 Å². The lowest BCUT2D eigenvalue weighted by molar-refractivity contribution is 0.270. The van der Waals surface area contributed by atoms with Gasteiger partial charge >= 0.3 is 0 Å². The van der Waals surface area contributed by atoms with Gasteiger partial charge in [-0.2, -0.15) is 5.10 Å². The molecule has 0 atom stereocenters. The van der Waals surface area contributed by atoms with E-state index in [-0.39, 0.29) is 6.61 Å². The van der Waals surface area contributed by atoms with E-state index in [1.165, 1.54) is 22.3 Å². The Balaban J connectivity index is 1.85. The lowest BCUT2D eigenvalue weighted by Gasteiger charge is -2.12. The maximum Gasteiger partial charge on any atom is 0.125 e. The third kappa shape index (κ3) is 3.61. The molecule has 5 heteroatoms. The zero-order valence-electron chi connectivity index (χ0n) is 15.3. The van der Waals surface area contributed by atoms with Crippen LogP contribution in [0.15, 0.2) is 34.9 Å². The van der Waals surface area contributed by atoms with Crippen molar-refractivity contribution < 1.29 is 9.52 Å². The lowest BCUT2D eigenvalue weighted by Crippen LogP contribution is -2.11. The second-order valence-electron chi connectivity index (χ2n) is 6.47. The van der Waals surface area contributed by atoms with Gasteiger partial charge in [-0.1, -0.05) is 12.1 Å². The van der Waals surface area contributed by atoms with Crippen LogP contribution in [0.25, 0.3) is 11.3 Å². The second-order valence-corrected chi connectivity index (χ2v) is 6.47. The first-order valence-electron chi connectivity index (χ1n) is 8.53. The summed E-state index contributed by atoms with van der Waals surface area (Å²) in [6.07, 6.45) is 1.67. The highest BCUT2D eigenvalue weighted by atomic mass is 16.3. The summed E-state index contributed by atoms with van der Waals surface area (Å²) >= 11 is 0. The maximum atomic E-state index is 9.33. The van der Waals surface area contributed by atoms with Gasteiger partial charge in [-0.05, 0) is 56.0 Å². The van der Waals surface area contributed by atoms with Crippen LogP contribution in [0.2, 0.25) is 0 Å². The summed E-state index contributed by atoms with van der Waals surface area (Å²) in [5, 5.41) is 17.4. The fourth-order valence-electron chi connectivity index (χ4n) is 3.00. The Kier molecular flexibility index (Phi) is 4.95. The monoisotopic (exact) mass is 339 g/mol. The van der Waals surface area contributed by atoms with E-state index in [0.717, 1.165) is 22.8 Å². The molecule has 0 aliphatic rings. The van der Waals surface area contributed by atoms with Gasteiger partial charge in [0.05, 0.1) is 25.1 Å². The van der Waals surface area contributed by atoms with Crippen molar-refractivity contribution >= 4 is 5.82 Å². The van der Waals surface area contributed by atoms with Crippen molar-refractivity contribution in [2.45, 2.75) is 40.8 Å². The average molecular weight is 339 g/mol. The molecule has 2 N–H and O–H groups in total. The molecule has 0 aliphatic heterocycles. The number of benzene rings is 1. The molecule has 5 nitrogen and oxygen atoms in total. The van der Waals surface area contributed by atoms with Gasteiger partial charge in [-0.3, -0.25) is 0 Å². The molecule has 0 aliphatic carbocycles. The molecule has 132 valence electrons. The van der Waals surface area contributed by atoms with Gasteiger partial charge in [0.2, 0.25) is 0 Å². The summed E-state index contributed by atoms with van der Waals surface area (Å²) in [4.78, 5) is 0. The number of furan rings is 1. The number of aliphatic hydroxyl groups is 1. The molecular weight excluding hydrogens is 314 g/mol. The number of aryl methyl sites for hydroxylation is 4. The highest BCUT2D eigenvalue weighted by molar-refractivity contribution is 5.64. The Morgan fingerprint density at radius 3 is 2.52 bits per heavy atom. The van der Waals surface area contributed by atoms with Crippen LogP contribution < -0.4 is 5.32 Å². The van der Waals surface area contributed by atoms with E-state index >= 15 is 0 Å². The topological polar surface area (TPSA) is 63.2 Å². The third-order valence-electron chi connectivity index (χ3n) is 4.64. The third-order valence-corrected chi connectivity index (χ3v) is 4.64. The Bertz CT molecular complexity index is 877. The quantitative estimate of drug-likeness (QED) is 0.713. The Hall–Kier alpha value is -2.53. The van der Waals surface area contributed by atoms with E-state index in [1.807, 2.05) is 19.1 Å². The van der Waals surface area contributed by atoms with Crippen LogP contribution in [0.1, 0.15) is 28.0 Å². The molecular formula is C20H25N3O2. The molecule has 3 aromatic rings. The number of aliphatic hydroxyl groups excluding tert-OH is 1. The first-order chi connectivity index (χ1) is 12.0. The zero-order valence-corrected chi connectivity index (χ0v) is 15.3. The average Bonchev–Trinajstić information content (AvgIpc) is 3.16. The predicted molar refractivity (Wildman–Crippen MR) is 99.7 cm³/mol. The normalized spacial score (nSPS) is 11.1. The van der Waals surface area contributed by atoms with Crippen LogP contribution in [0, 0.1) is 27.7 Å². The van der Waals surface area contributed by atoms with Crippen molar-refractivity contribution in [2.75, 3.05) is 11.9 Å². The first-order valence-corrected chi connectivity index (χ1v) is 8.53. The van der Waals surface area contributed by atoms with Crippen molar-refractivity contribution in [1.82, 2.24) is 9.78 Å².